The van der Waals surface area contributed by atoms with Gasteiger partial charge in [0.25, 0.3) is 5.91 Å². The Balaban J connectivity index is 1.70. The predicted octanol–water partition coefficient (Wildman–Crippen LogP) is 4.11. The first-order valence-electron chi connectivity index (χ1n) is 9.13. The van der Waals surface area contributed by atoms with E-state index >= 15 is 0 Å². The Morgan fingerprint density at radius 1 is 1.15 bits per heavy atom. The molecule has 2 aromatic rings. The lowest BCUT2D eigenvalue weighted by Crippen LogP contribution is -2.42. The molecule has 0 aromatic heterocycles. The number of hydrogen-bond donors (Lipinski definition) is 1. The number of aryl methyl sites for hydroxylation is 2. The van der Waals surface area contributed by atoms with Gasteiger partial charge in [-0.3, -0.25) is 4.79 Å². The number of benzene rings is 2. The Morgan fingerprint density at radius 3 is 2.52 bits per heavy atom. The van der Waals surface area contributed by atoms with E-state index in [9.17, 15) is 4.79 Å². The van der Waals surface area contributed by atoms with Gasteiger partial charge in [0.1, 0.15) is 22.8 Å². The number of rotatable bonds is 5. The van der Waals surface area contributed by atoms with Crippen LogP contribution in [0, 0.1) is 13.8 Å². The molecule has 1 heterocycles. The van der Waals surface area contributed by atoms with Crippen LogP contribution in [0.2, 0.25) is 0 Å². The molecular weight excluding hydrogens is 342 g/mol. The minimum Gasteiger partial charge on any atom is -0.497 e. The van der Waals surface area contributed by atoms with Crippen molar-refractivity contribution in [3.8, 4) is 17.2 Å². The number of carbonyl (C=O) groups is 1. The number of ether oxygens (including phenoxy) is 3. The molecule has 0 bridgehead atoms. The number of nitrogens with one attached hydrogen (secondary N) is 1. The van der Waals surface area contributed by atoms with Crippen LogP contribution in [0.25, 0.3) is 0 Å². The van der Waals surface area contributed by atoms with Crippen molar-refractivity contribution in [3.63, 3.8) is 0 Å². The summed E-state index contributed by atoms with van der Waals surface area (Å²) in [7, 11) is 1.62. The summed E-state index contributed by atoms with van der Waals surface area (Å²) in [6.07, 6.45) is 0.682. The van der Waals surface area contributed by atoms with Crippen LogP contribution in [0.5, 0.6) is 17.2 Å². The zero-order valence-corrected chi connectivity index (χ0v) is 16.6. The SMILES string of the molecule is COc1ccc2c(c1)OC(C)(C)CC2NC(=O)COc1cc(C)cc(C)c1. The minimum absolute atomic E-state index is 0.0217. The largest absolute Gasteiger partial charge is 0.497 e. The molecule has 1 unspecified atom stereocenters. The van der Waals surface area contributed by atoms with Crippen LogP contribution in [-0.4, -0.2) is 25.2 Å². The van der Waals surface area contributed by atoms with E-state index < -0.39 is 0 Å². The maximum atomic E-state index is 12.5. The van der Waals surface area contributed by atoms with Gasteiger partial charge in [-0.2, -0.15) is 0 Å². The maximum absolute atomic E-state index is 12.5. The second kappa shape index (κ2) is 7.51. The van der Waals surface area contributed by atoms with Gasteiger partial charge in [0, 0.05) is 18.1 Å². The van der Waals surface area contributed by atoms with E-state index in [1.54, 1.807) is 7.11 Å². The molecule has 0 radical (unpaired) electrons. The Bertz CT molecular complexity index is 824. The normalized spacial score (nSPS) is 17.4. The molecule has 0 fully saturated rings. The van der Waals surface area contributed by atoms with Gasteiger partial charge in [0.15, 0.2) is 6.61 Å². The molecule has 144 valence electrons. The molecule has 5 nitrogen and oxygen atoms in total. The second-order valence-electron chi connectivity index (χ2n) is 7.70. The van der Waals surface area contributed by atoms with Gasteiger partial charge in [-0.05, 0) is 63.1 Å². The van der Waals surface area contributed by atoms with Gasteiger partial charge in [-0.1, -0.05) is 6.07 Å². The third-order valence-corrected chi connectivity index (χ3v) is 4.58. The van der Waals surface area contributed by atoms with Crippen LogP contribution < -0.4 is 19.5 Å². The lowest BCUT2D eigenvalue weighted by Gasteiger charge is -2.38. The summed E-state index contributed by atoms with van der Waals surface area (Å²) in [5.41, 5.74) is 2.79. The zero-order chi connectivity index (χ0) is 19.6. The van der Waals surface area contributed by atoms with E-state index in [2.05, 4.69) is 11.4 Å². The first-order valence-corrected chi connectivity index (χ1v) is 9.13. The van der Waals surface area contributed by atoms with Crippen LogP contribution in [-0.2, 0) is 4.79 Å². The van der Waals surface area contributed by atoms with Gasteiger partial charge in [-0.15, -0.1) is 0 Å². The second-order valence-corrected chi connectivity index (χ2v) is 7.70. The predicted molar refractivity (Wildman–Crippen MR) is 105 cm³/mol. The third-order valence-electron chi connectivity index (χ3n) is 4.58. The summed E-state index contributed by atoms with van der Waals surface area (Å²) in [6.45, 7) is 8.03. The molecule has 0 saturated carbocycles. The Hall–Kier alpha value is -2.69. The van der Waals surface area contributed by atoms with Crippen LogP contribution in [0.3, 0.4) is 0 Å². The number of amides is 1. The van der Waals surface area contributed by atoms with Crippen molar-refractivity contribution in [2.45, 2.75) is 45.8 Å². The molecule has 27 heavy (non-hydrogen) atoms. The molecule has 1 N–H and O–H groups in total. The standard InChI is InChI=1S/C22H27NO4/c1-14-8-15(2)10-17(9-14)26-13-21(24)23-19-12-22(3,4)27-20-11-16(25-5)6-7-18(19)20/h6-11,19H,12-13H2,1-5H3,(H,23,24). The van der Waals surface area contributed by atoms with E-state index in [4.69, 9.17) is 14.2 Å². The Kier molecular flexibility index (Phi) is 5.31. The number of fused-ring (bicyclic) bond motifs is 1. The minimum atomic E-state index is -0.383. The topological polar surface area (TPSA) is 56.8 Å². The fourth-order valence-corrected chi connectivity index (χ4v) is 3.49. The van der Waals surface area contributed by atoms with E-state index in [0.29, 0.717) is 12.2 Å². The van der Waals surface area contributed by atoms with Crippen molar-refractivity contribution in [1.82, 2.24) is 5.32 Å². The van der Waals surface area contributed by atoms with E-state index in [-0.39, 0.29) is 24.2 Å². The van der Waals surface area contributed by atoms with Crippen molar-refractivity contribution in [2.24, 2.45) is 0 Å². The van der Waals surface area contributed by atoms with Crippen LogP contribution in [0.15, 0.2) is 36.4 Å². The molecular formula is C22H27NO4. The molecule has 2 aromatic carbocycles. The van der Waals surface area contributed by atoms with Crippen molar-refractivity contribution < 1.29 is 19.0 Å². The van der Waals surface area contributed by atoms with E-state index in [1.165, 1.54) is 0 Å². The summed E-state index contributed by atoms with van der Waals surface area (Å²) in [5, 5.41) is 3.08. The molecule has 3 rings (SSSR count). The summed E-state index contributed by atoms with van der Waals surface area (Å²) >= 11 is 0. The first kappa shape index (κ1) is 19.1. The van der Waals surface area contributed by atoms with Gasteiger partial charge in [0.2, 0.25) is 0 Å². The summed E-state index contributed by atoms with van der Waals surface area (Å²) in [5.74, 6) is 2.03. The van der Waals surface area contributed by atoms with Crippen molar-refractivity contribution in [3.05, 3.63) is 53.1 Å². The van der Waals surface area contributed by atoms with E-state index in [1.807, 2.05) is 58.0 Å². The number of hydrogen-bond acceptors (Lipinski definition) is 4. The smallest absolute Gasteiger partial charge is 0.258 e. The van der Waals surface area contributed by atoms with Crippen LogP contribution in [0.4, 0.5) is 0 Å². The molecule has 1 aliphatic heterocycles. The molecule has 0 saturated heterocycles. The first-order chi connectivity index (χ1) is 12.8. The van der Waals surface area contributed by atoms with Crippen LogP contribution in [0.1, 0.15) is 43.0 Å². The number of carbonyl (C=O) groups excluding carboxylic acids is 1. The van der Waals surface area contributed by atoms with Gasteiger partial charge in [-0.25, -0.2) is 0 Å². The lowest BCUT2D eigenvalue weighted by molar-refractivity contribution is -0.124. The Labute approximate surface area is 160 Å². The lowest BCUT2D eigenvalue weighted by atomic mass is 9.89. The average Bonchev–Trinajstić information content (AvgIpc) is 2.57. The van der Waals surface area contributed by atoms with E-state index in [0.717, 1.165) is 28.2 Å². The third kappa shape index (κ3) is 4.73. The molecule has 5 heteroatoms. The summed E-state index contributed by atoms with van der Waals surface area (Å²) in [6, 6.07) is 11.5. The molecule has 0 aliphatic carbocycles. The van der Waals surface area contributed by atoms with Crippen molar-refractivity contribution in [1.29, 1.82) is 0 Å². The van der Waals surface area contributed by atoms with Gasteiger partial charge >= 0.3 is 0 Å². The fraction of sp³-hybridized carbons (Fsp3) is 0.409. The van der Waals surface area contributed by atoms with Crippen LogP contribution >= 0.6 is 0 Å². The van der Waals surface area contributed by atoms with Gasteiger partial charge in [0.05, 0.1) is 13.2 Å². The molecule has 0 spiro atoms. The molecule has 1 atom stereocenters. The fourth-order valence-electron chi connectivity index (χ4n) is 3.49. The number of methoxy groups -OCH3 is 1. The maximum Gasteiger partial charge on any atom is 0.258 e. The highest BCUT2D eigenvalue weighted by atomic mass is 16.5. The molecule has 1 aliphatic rings. The van der Waals surface area contributed by atoms with Crippen molar-refractivity contribution in [2.75, 3.05) is 13.7 Å². The summed E-state index contributed by atoms with van der Waals surface area (Å²) in [4.78, 5) is 12.5. The van der Waals surface area contributed by atoms with Gasteiger partial charge < -0.3 is 19.5 Å². The highest BCUT2D eigenvalue weighted by molar-refractivity contribution is 5.78. The zero-order valence-electron chi connectivity index (χ0n) is 16.6. The highest BCUT2D eigenvalue weighted by Gasteiger charge is 2.34. The average molecular weight is 369 g/mol. The Morgan fingerprint density at radius 2 is 1.85 bits per heavy atom. The van der Waals surface area contributed by atoms with Crippen molar-refractivity contribution >= 4 is 5.91 Å². The summed E-state index contributed by atoms with van der Waals surface area (Å²) < 4.78 is 17.0. The quantitative estimate of drug-likeness (QED) is 0.862. The monoisotopic (exact) mass is 369 g/mol. The molecule has 1 amide bonds. The highest BCUT2D eigenvalue weighted by Crippen LogP contribution is 2.41.